The number of hydrogen-bond donors (Lipinski definition) is 0. The lowest BCUT2D eigenvalue weighted by atomic mass is 9.98. The average molecular weight is 406 g/mol. The molecule has 1 unspecified atom stereocenters. The summed E-state index contributed by atoms with van der Waals surface area (Å²) >= 11 is 0. The van der Waals surface area contributed by atoms with E-state index in [9.17, 15) is 9.59 Å². The Balaban J connectivity index is 1.38. The van der Waals surface area contributed by atoms with Crippen LogP contribution in [-0.4, -0.2) is 62.3 Å². The molecule has 156 valence electrons. The molecule has 0 N–H and O–H groups in total. The Morgan fingerprint density at radius 2 is 1.77 bits per heavy atom. The Kier molecular flexibility index (Phi) is 6.07. The van der Waals surface area contributed by atoms with Crippen LogP contribution in [0.15, 0.2) is 30.5 Å². The molecule has 2 aliphatic heterocycles. The van der Waals surface area contributed by atoms with Gasteiger partial charge in [-0.1, -0.05) is 5.21 Å². The zero-order valence-electron chi connectivity index (χ0n) is 17.0. The predicted octanol–water partition coefficient (Wildman–Crippen LogP) is 2.47. The monoisotopic (exact) mass is 406 g/mol. The minimum atomic E-state index is -0.0472. The zero-order valence-corrected chi connectivity index (χ0v) is 17.0. The number of carbonyl (C=O) groups excluding carboxylic acids is 2. The molecule has 0 bridgehead atoms. The van der Waals surface area contributed by atoms with Crippen LogP contribution < -0.4 is 0 Å². The zero-order chi connectivity index (χ0) is 20.9. The highest BCUT2D eigenvalue weighted by Crippen LogP contribution is 2.23. The molecule has 2 aliphatic rings. The van der Waals surface area contributed by atoms with Gasteiger partial charge in [0.15, 0.2) is 5.69 Å². The van der Waals surface area contributed by atoms with Gasteiger partial charge < -0.3 is 9.80 Å². The molecule has 0 saturated carbocycles. The summed E-state index contributed by atoms with van der Waals surface area (Å²) in [5.74, 6) is -0.0401. The van der Waals surface area contributed by atoms with E-state index in [1.807, 2.05) is 9.80 Å². The van der Waals surface area contributed by atoms with Crippen molar-refractivity contribution in [3.8, 4) is 6.07 Å². The summed E-state index contributed by atoms with van der Waals surface area (Å²) in [6, 6.07) is 9.02. The molecule has 0 spiro atoms. The Morgan fingerprint density at radius 3 is 2.50 bits per heavy atom. The largest absolute Gasteiger partial charge is 0.337 e. The minimum absolute atomic E-state index is 0.00711. The van der Waals surface area contributed by atoms with Crippen LogP contribution in [0, 0.1) is 11.3 Å². The molecule has 2 fully saturated rings. The number of piperidine rings is 1. The Labute approximate surface area is 176 Å². The van der Waals surface area contributed by atoms with Crippen molar-refractivity contribution in [3.63, 3.8) is 0 Å². The summed E-state index contributed by atoms with van der Waals surface area (Å²) in [4.78, 5) is 29.2. The Bertz CT molecular complexity index is 939. The Hall–Kier alpha value is -3.21. The van der Waals surface area contributed by atoms with Crippen molar-refractivity contribution in [1.82, 2.24) is 24.8 Å². The van der Waals surface area contributed by atoms with Crippen LogP contribution in [0.1, 0.15) is 64.9 Å². The Morgan fingerprint density at radius 1 is 1.03 bits per heavy atom. The topological polar surface area (TPSA) is 95.1 Å². The maximum atomic E-state index is 13.0. The first-order valence-corrected chi connectivity index (χ1v) is 10.7. The molecule has 30 heavy (non-hydrogen) atoms. The molecular weight excluding hydrogens is 380 g/mol. The van der Waals surface area contributed by atoms with Crippen molar-refractivity contribution < 1.29 is 9.59 Å². The molecular formula is C22H26N6O2. The molecule has 1 atom stereocenters. The van der Waals surface area contributed by atoms with Crippen molar-refractivity contribution >= 4 is 11.8 Å². The number of likely N-dealkylation sites (tertiary alicyclic amines) is 2. The summed E-state index contributed by atoms with van der Waals surface area (Å²) < 4.78 is 1.71. The van der Waals surface area contributed by atoms with Gasteiger partial charge in [-0.05, 0) is 62.8 Å². The number of hydrogen-bond acceptors (Lipinski definition) is 5. The van der Waals surface area contributed by atoms with E-state index in [0.717, 1.165) is 58.2 Å². The normalized spacial score (nSPS) is 19.0. The number of benzene rings is 1. The molecule has 0 aliphatic carbocycles. The first-order valence-electron chi connectivity index (χ1n) is 10.7. The van der Waals surface area contributed by atoms with Crippen molar-refractivity contribution in [2.45, 2.75) is 51.1 Å². The third kappa shape index (κ3) is 4.35. The predicted molar refractivity (Wildman–Crippen MR) is 110 cm³/mol. The van der Waals surface area contributed by atoms with Crippen LogP contribution >= 0.6 is 0 Å². The molecule has 2 amide bonds. The molecule has 3 heterocycles. The van der Waals surface area contributed by atoms with Crippen LogP contribution in [0.5, 0.6) is 0 Å². The van der Waals surface area contributed by atoms with E-state index in [4.69, 9.17) is 5.26 Å². The second kappa shape index (κ2) is 9.08. The van der Waals surface area contributed by atoms with Gasteiger partial charge in [0, 0.05) is 37.8 Å². The van der Waals surface area contributed by atoms with Crippen LogP contribution in [0.25, 0.3) is 0 Å². The molecule has 4 rings (SSSR count). The molecule has 2 saturated heterocycles. The van der Waals surface area contributed by atoms with E-state index in [0.29, 0.717) is 23.4 Å². The summed E-state index contributed by atoms with van der Waals surface area (Å²) in [7, 11) is 0. The van der Waals surface area contributed by atoms with Gasteiger partial charge in [-0.2, -0.15) is 5.26 Å². The molecule has 1 aromatic carbocycles. The maximum Gasteiger partial charge on any atom is 0.276 e. The van der Waals surface area contributed by atoms with Gasteiger partial charge in [-0.15, -0.1) is 5.10 Å². The molecule has 8 heteroatoms. The van der Waals surface area contributed by atoms with Gasteiger partial charge in [0.2, 0.25) is 0 Å². The quantitative estimate of drug-likeness (QED) is 0.760. The van der Waals surface area contributed by atoms with Gasteiger partial charge in [-0.25, -0.2) is 0 Å². The molecule has 8 nitrogen and oxygen atoms in total. The fraction of sp³-hybridized carbons (Fsp3) is 0.500. The highest BCUT2D eigenvalue weighted by Gasteiger charge is 2.28. The number of aromatic nitrogens is 3. The van der Waals surface area contributed by atoms with E-state index in [2.05, 4.69) is 16.4 Å². The van der Waals surface area contributed by atoms with E-state index < -0.39 is 0 Å². The SMILES string of the molecule is N#Cc1ccc(C(=O)N2CCCCC2CCn2cc(C(=O)N3CCCC3)nn2)cc1. The first kappa shape index (κ1) is 20.1. The molecule has 2 aromatic rings. The first-order chi connectivity index (χ1) is 14.7. The maximum absolute atomic E-state index is 13.0. The summed E-state index contributed by atoms with van der Waals surface area (Å²) in [6.07, 6.45) is 7.62. The van der Waals surface area contributed by atoms with Gasteiger partial charge in [0.1, 0.15) is 0 Å². The van der Waals surface area contributed by atoms with Crippen LogP contribution in [0.4, 0.5) is 0 Å². The number of amides is 2. The summed E-state index contributed by atoms with van der Waals surface area (Å²) in [6.45, 7) is 2.93. The number of nitriles is 1. The van der Waals surface area contributed by atoms with Crippen molar-refractivity contribution in [2.75, 3.05) is 19.6 Å². The number of carbonyl (C=O) groups is 2. The third-order valence-corrected chi connectivity index (χ3v) is 5.99. The number of nitrogens with zero attached hydrogens (tertiary/aromatic N) is 6. The van der Waals surface area contributed by atoms with Gasteiger partial charge >= 0.3 is 0 Å². The van der Waals surface area contributed by atoms with E-state index in [1.165, 1.54) is 0 Å². The van der Waals surface area contributed by atoms with Gasteiger partial charge in [0.05, 0.1) is 17.8 Å². The second-order valence-corrected chi connectivity index (χ2v) is 7.99. The highest BCUT2D eigenvalue weighted by molar-refractivity contribution is 5.94. The average Bonchev–Trinajstić information content (AvgIpc) is 3.49. The lowest BCUT2D eigenvalue weighted by Gasteiger charge is -2.36. The third-order valence-electron chi connectivity index (χ3n) is 5.99. The number of rotatable bonds is 5. The second-order valence-electron chi connectivity index (χ2n) is 7.99. The summed E-state index contributed by atoms with van der Waals surface area (Å²) in [5, 5.41) is 17.1. The standard InChI is InChI=1S/C22H26N6O2/c23-15-17-6-8-18(9-7-17)21(29)28-13-2-1-5-19(28)10-14-27-16-20(24-25-27)22(30)26-11-3-4-12-26/h6-9,16,19H,1-5,10-14H2. The van der Waals surface area contributed by atoms with Crippen LogP contribution in [-0.2, 0) is 6.54 Å². The number of aryl methyl sites for hydroxylation is 1. The van der Waals surface area contributed by atoms with Crippen molar-refractivity contribution in [1.29, 1.82) is 5.26 Å². The van der Waals surface area contributed by atoms with E-state index in [1.54, 1.807) is 35.1 Å². The van der Waals surface area contributed by atoms with Gasteiger partial charge in [-0.3, -0.25) is 14.3 Å². The van der Waals surface area contributed by atoms with Crippen molar-refractivity contribution in [2.24, 2.45) is 0 Å². The smallest absolute Gasteiger partial charge is 0.276 e. The summed E-state index contributed by atoms with van der Waals surface area (Å²) in [5.41, 5.74) is 1.55. The lowest BCUT2D eigenvalue weighted by molar-refractivity contribution is 0.0593. The fourth-order valence-electron chi connectivity index (χ4n) is 4.29. The lowest BCUT2D eigenvalue weighted by Crippen LogP contribution is -2.44. The van der Waals surface area contributed by atoms with Crippen LogP contribution in [0.2, 0.25) is 0 Å². The minimum Gasteiger partial charge on any atom is -0.337 e. The van der Waals surface area contributed by atoms with Gasteiger partial charge in [0.25, 0.3) is 11.8 Å². The van der Waals surface area contributed by atoms with Crippen molar-refractivity contribution in [3.05, 3.63) is 47.3 Å². The van der Waals surface area contributed by atoms with Crippen LogP contribution in [0.3, 0.4) is 0 Å². The fourth-order valence-corrected chi connectivity index (χ4v) is 4.29. The van der Waals surface area contributed by atoms with E-state index in [-0.39, 0.29) is 17.9 Å². The van der Waals surface area contributed by atoms with E-state index >= 15 is 0 Å². The highest BCUT2D eigenvalue weighted by atomic mass is 16.2. The molecule has 1 aromatic heterocycles. The molecule has 0 radical (unpaired) electrons.